The van der Waals surface area contributed by atoms with E-state index in [4.69, 9.17) is 0 Å². The van der Waals surface area contributed by atoms with E-state index < -0.39 is 0 Å². The first-order chi connectivity index (χ1) is 11.1. The number of H-pyrrole nitrogens is 1. The molecule has 0 bridgehead atoms. The standard InChI is InChI=1S/C17H22N6/c1-12(2)23(3)9-14-7-5-4-6-13(14)8-18-16-15-17(20-10-19-15)22-11-21-16/h4-7,10-12H,8-9H2,1-3H3,(H2,18,19,20,21,22). The average Bonchev–Trinajstić information content (AvgIpc) is 3.03. The quantitative estimate of drug-likeness (QED) is 0.732. The van der Waals surface area contributed by atoms with Crippen LogP contribution < -0.4 is 5.32 Å². The van der Waals surface area contributed by atoms with Gasteiger partial charge in [0, 0.05) is 19.1 Å². The number of nitrogens with zero attached hydrogens (tertiary/aromatic N) is 4. The minimum atomic E-state index is 0.516. The van der Waals surface area contributed by atoms with Crippen molar-refractivity contribution in [1.29, 1.82) is 0 Å². The van der Waals surface area contributed by atoms with Crippen LogP contribution in [0.1, 0.15) is 25.0 Å². The molecular formula is C17H22N6. The summed E-state index contributed by atoms with van der Waals surface area (Å²) in [7, 11) is 2.15. The number of hydrogen-bond acceptors (Lipinski definition) is 5. The molecule has 0 saturated carbocycles. The number of anilines is 1. The van der Waals surface area contributed by atoms with Crippen LogP contribution >= 0.6 is 0 Å². The predicted octanol–water partition coefficient (Wildman–Crippen LogP) is 2.81. The fourth-order valence-corrected chi connectivity index (χ4v) is 2.41. The maximum atomic E-state index is 4.31. The lowest BCUT2D eigenvalue weighted by Crippen LogP contribution is -2.26. The summed E-state index contributed by atoms with van der Waals surface area (Å²) in [5.74, 6) is 0.777. The molecular weight excluding hydrogens is 288 g/mol. The molecule has 3 rings (SSSR count). The van der Waals surface area contributed by atoms with Gasteiger partial charge in [-0.05, 0) is 32.0 Å². The second-order valence-electron chi connectivity index (χ2n) is 5.95. The van der Waals surface area contributed by atoms with Crippen LogP contribution in [-0.4, -0.2) is 37.9 Å². The van der Waals surface area contributed by atoms with E-state index in [0.29, 0.717) is 18.2 Å². The number of aromatic nitrogens is 4. The Morgan fingerprint density at radius 3 is 2.70 bits per heavy atom. The summed E-state index contributed by atoms with van der Waals surface area (Å²) < 4.78 is 0. The smallest absolute Gasteiger partial charge is 0.182 e. The molecule has 6 nitrogen and oxygen atoms in total. The van der Waals surface area contributed by atoms with Gasteiger partial charge in [-0.2, -0.15) is 0 Å². The molecule has 0 saturated heterocycles. The molecule has 6 heteroatoms. The van der Waals surface area contributed by atoms with Crippen molar-refractivity contribution in [2.24, 2.45) is 0 Å². The maximum Gasteiger partial charge on any atom is 0.182 e. The number of benzene rings is 1. The van der Waals surface area contributed by atoms with E-state index in [1.54, 1.807) is 6.33 Å². The topological polar surface area (TPSA) is 69.7 Å². The fourth-order valence-electron chi connectivity index (χ4n) is 2.41. The van der Waals surface area contributed by atoms with Gasteiger partial charge in [0.15, 0.2) is 11.5 Å². The lowest BCUT2D eigenvalue weighted by Gasteiger charge is -2.22. The molecule has 0 aliphatic carbocycles. The number of rotatable bonds is 6. The van der Waals surface area contributed by atoms with E-state index in [1.165, 1.54) is 17.5 Å². The second kappa shape index (κ2) is 6.75. The molecule has 2 heterocycles. The van der Waals surface area contributed by atoms with Crippen LogP contribution in [0.25, 0.3) is 11.2 Å². The zero-order chi connectivity index (χ0) is 16.2. The molecule has 1 aromatic carbocycles. The average molecular weight is 310 g/mol. The first-order valence-corrected chi connectivity index (χ1v) is 7.80. The highest BCUT2D eigenvalue weighted by Gasteiger charge is 2.09. The van der Waals surface area contributed by atoms with Crippen molar-refractivity contribution < 1.29 is 0 Å². The van der Waals surface area contributed by atoms with Gasteiger partial charge in [-0.1, -0.05) is 24.3 Å². The molecule has 0 amide bonds. The molecule has 0 aliphatic rings. The highest BCUT2D eigenvalue weighted by atomic mass is 15.1. The Morgan fingerprint density at radius 1 is 1.13 bits per heavy atom. The monoisotopic (exact) mass is 310 g/mol. The van der Waals surface area contributed by atoms with E-state index in [-0.39, 0.29) is 0 Å². The molecule has 0 aliphatic heterocycles. The number of hydrogen-bond donors (Lipinski definition) is 2. The summed E-state index contributed by atoms with van der Waals surface area (Å²) in [5.41, 5.74) is 4.11. The van der Waals surface area contributed by atoms with Crippen molar-refractivity contribution in [3.05, 3.63) is 48.0 Å². The highest BCUT2D eigenvalue weighted by Crippen LogP contribution is 2.18. The van der Waals surface area contributed by atoms with Crippen molar-refractivity contribution in [3.8, 4) is 0 Å². The van der Waals surface area contributed by atoms with Crippen LogP contribution in [0.15, 0.2) is 36.9 Å². The number of aromatic amines is 1. The van der Waals surface area contributed by atoms with E-state index in [0.717, 1.165) is 17.9 Å². The Hall–Kier alpha value is -2.47. The molecule has 0 radical (unpaired) electrons. The summed E-state index contributed by atoms with van der Waals surface area (Å²) in [5, 5.41) is 3.39. The minimum Gasteiger partial charge on any atom is -0.364 e. The van der Waals surface area contributed by atoms with E-state index in [1.807, 2.05) is 0 Å². The van der Waals surface area contributed by atoms with Crippen molar-refractivity contribution in [2.75, 3.05) is 12.4 Å². The van der Waals surface area contributed by atoms with Gasteiger partial charge in [-0.15, -0.1) is 0 Å². The van der Waals surface area contributed by atoms with Crippen LogP contribution in [0.5, 0.6) is 0 Å². The Labute approximate surface area is 136 Å². The summed E-state index contributed by atoms with van der Waals surface area (Å²) in [6, 6.07) is 9.01. The SMILES string of the molecule is CC(C)N(C)Cc1ccccc1CNc1ncnc2nc[nH]c12. The van der Waals surface area contributed by atoms with Gasteiger partial charge in [-0.3, -0.25) is 4.90 Å². The van der Waals surface area contributed by atoms with Crippen LogP contribution in [-0.2, 0) is 13.1 Å². The van der Waals surface area contributed by atoms with Crippen molar-refractivity contribution in [2.45, 2.75) is 33.0 Å². The summed E-state index contributed by atoms with van der Waals surface area (Å²) in [4.78, 5) is 18.0. The fraction of sp³-hybridized carbons (Fsp3) is 0.353. The third-order valence-electron chi connectivity index (χ3n) is 4.09. The maximum absolute atomic E-state index is 4.31. The third kappa shape index (κ3) is 3.48. The lowest BCUT2D eigenvalue weighted by atomic mass is 10.1. The third-order valence-corrected chi connectivity index (χ3v) is 4.09. The second-order valence-corrected chi connectivity index (χ2v) is 5.95. The van der Waals surface area contributed by atoms with Crippen LogP contribution in [0, 0.1) is 0 Å². The molecule has 0 unspecified atom stereocenters. The normalized spacial score (nSPS) is 11.5. The van der Waals surface area contributed by atoms with Gasteiger partial charge < -0.3 is 10.3 Å². The van der Waals surface area contributed by atoms with Crippen LogP contribution in [0.4, 0.5) is 5.82 Å². The van der Waals surface area contributed by atoms with Gasteiger partial charge in [0.25, 0.3) is 0 Å². The van der Waals surface area contributed by atoms with E-state index in [9.17, 15) is 0 Å². The molecule has 2 aromatic heterocycles. The van der Waals surface area contributed by atoms with Crippen molar-refractivity contribution in [1.82, 2.24) is 24.8 Å². The van der Waals surface area contributed by atoms with Crippen molar-refractivity contribution in [3.63, 3.8) is 0 Å². The molecule has 0 atom stereocenters. The highest BCUT2D eigenvalue weighted by molar-refractivity contribution is 5.81. The molecule has 3 aromatic rings. The van der Waals surface area contributed by atoms with Gasteiger partial charge >= 0.3 is 0 Å². The van der Waals surface area contributed by atoms with Crippen LogP contribution in [0.3, 0.4) is 0 Å². The van der Waals surface area contributed by atoms with Gasteiger partial charge in [0.2, 0.25) is 0 Å². The van der Waals surface area contributed by atoms with Gasteiger partial charge in [0.05, 0.1) is 6.33 Å². The molecule has 2 N–H and O–H groups in total. The Bertz CT molecular complexity index is 779. The van der Waals surface area contributed by atoms with E-state index in [2.05, 4.69) is 75.3 Å². The van der Waals surface area contributed by atoms with Crippen molar-refractivity contribution >= 4 is 17.0 Å². The first-order valence-electron chi connectivity index (χ1n) is 7.80. The first kappa shape index (κ1) is 15.4. The predicted molar refractivity (Wildman–Crippen MR) is 92.1 cm³/mol. The summed E-state index contributed by atoms with van der Waals surface area (Å²) >= 11 is 0. The largest absolute Gasteiger partial charge is 0.364 e. The molecule has 0 spiro atoms. The van der Waals surface area contributed by atoms with Crippen LogP contribution in [0.2, 0.25) is 0 Å². The Morgan fingerprint density at radius 2 is 1.91 bits per heavy atom. The number of fused-ring (bicyclic) bond motifs is 1. The van der Waals surface area contributed by atoms with Gasteiger partial charge in [-0.25, -0.2) is 15.0 Å². The minimum absolute atomic E-state index is 0.516. The molecule has 120 valence electrons. The van der Waals surface area contributed by atoms with Gasteiger partial charge in [0.1, 0.15) is 11.8 Å². The molecule has 23 heavy (non-hydrogen) atoms. The number of nitrogens with one attached hydrogen (secondary N) is 2. The Kier molecular flexibility index (Phi) is 4.52. The summed E-state index contributed by atoms with van der Waals surface area (Å²) in [6.07, 6.45) is 3.17. The Balaban J connectivity index is 1.77. The molecule has 0 fully saturated rings. The summed E-state index contributed by atoms with van der Waals surface area (Å²) in [6.45, 7) is 6.06. The number of imidazole rings is 1. The lowest BCUT2D eigenvalue weighted by molar-refractivity contribution is 0.265. The zero-order valence-electron chi connectivity index (χ0n) is 13.7. The zero-order valence-corrected chi connectivity index (χ0v) is 13.7. The van der Waals surface area contributed by atoms with E-state index >= 15 is 0 Å².